The van der Waals surface area contributed by atoms with Crippen molar-refractivity contribution in [2.45, 2.75) is 57.8 Å². The smallest absolute Gasteiger partial charge is 0.404 e. The van der Waals surface area contributed by atoms with Crippen LogP contribution < -0.4 is 5.73 Å². The third-order valence-corrected chi connectivity index (χ3v) is 4.63. The van der Waals surface area contributed by atoms with Crippen LogP contribution in [0.15, 0.2) is 23.3 Å². The first-order valence-electron chi connectivity index (χ1n) is 7.82. The molecule has 0 unspecified atom stereocenters. The maximum Gasteiger partial charge on any atom is 0.404 e. The van der Waals surface area contributed by atoms with Crippen molar-refractivity contribution >= 4 is 6.09 Å². The van der Waals surface area contributed by atoms with Crippen LogP contribution in [0.3, 0.4) is 0 Å². The first-order valence-corrected chi connectivity index (χ1v) is 7.82. The van der Waals surface area contributed by atoms with E-state index >= 15 is 0 Å². The summed E-state index contributed by atoms with van der Waals surface area (Å²) < 4.78 is 16.7. The number of allylic oxidation sites excluding steroid dienone is 3. The van der Waals surface area contributed by atoms with Crippen LogP contribution in [0.2, 0.25) is 0 Å². The highest BCUT2D eigenvalue weighted by atomic mass is 16.6. The third kappa shape index (κ3) is 3.70. The Balaban J connectivity index is 2.19. The van der Waals surface area contributed by atoms with Gasteiger partial charge in [0.05, 0.1) is 6.61 Å². The van der Waals surface area contributed by atoms with Crippen molar-refractivity contribution in [3.63, 3.8) is 0 Å². The van der Waals surface area contributed by atoms with Gasteiger partial charge in [-0.2, -0.15) is 0 Å². The van der Waals surface area contributed by atoms with Gasteiger partial charge in [-0.1, -0.05) is 23.3 Å². The molecule has 0 aromatic carbocycles. The zero-order chi connectivity index (χ0) is 16.3. The highest BCUT2D eigenvalue weighted by Gasteiger charge is 2.59. The van der Waals surface area contributed by atoms with Crippen molar-refractivity contribution in [3.8, 4) is 0 Å². The van der Waals surface area contributed by atoms with Crippen LogP contribution in [0.25, 0.3) is 0 Å². The Morgan fingerprint density at radius 3 is 2.55 bits per heavy atom. The van der Waals surface area contributed by atoms with Crippen LogP contribution in [-0.2, 0) is 14.2 Å². The minimum absolute atomic E-state index is 0.0983. The SMILES string of the molecule is CO[C@@H]1[C@H](OC(N)=O)CC[C@]2(CO2)[C@H]1/C(C)=C/CC=C(C)C. The molecule has 1 amide bonds. The topological polar surface area (TPSA) is 74.1 Å². The minimum atomic E-state index is -0.746. The molecule has 5 heteroatoms. The Hall–Kier alpha value is -1.33. The second-order valence-electron chi connectivity index (χ2n) is 6.51. The second kappa shape index (κ2) is 6.84. The number of carbonyl (C=O) groups excluding carboxylic acids is 1. The summed E-state index contributed by atoms with van der Waals surface area (Å²) in [5, 5.41) is 0. The maximum absolute atomic E-state index is 11.1. The van der Waals surface area contributed by atoms with Crippen molar-refractivity contribution in [1.29, 1.82) is 0 Å². The zero-order valence-electron chi connectivity index (χ0n) is 13.9. The van der Waals surface area contributed by atoms with Gasteiger partial charge in [-0.05, 0) is 40.0 Å². The predicted molar refractivity (Wildman–Crippen MR) is 84.5 cm³/mol. The van der Waals surface area contributed by atoms with Crippen LogP contribution in [0.4, 0.5) is 4.79 Å². The number of hydrogen-bond acceptors (Lipinski definition) is 4. The van der Waals surface area contributed by atoms with E-state index in [1.807, 2.05) is 0 Å². The van der Waals surface area contributed by atoms with Crippen molar-refractivity contribution in [1.82, 2.24) is 0 Å². The molecule has 0 radical (unpaired) electrons. The Kier molecular flexibility index (Phi) is 5.29. The van der Waals surface area contributed by atoms with Crippen LogP contribution >= 0.6 is 0 Å². The van der Waals surface area contributed by atoms with Crippen molar-refractivity contribution < 1.29 is 19.0 Å². The number of nitrogens with two attached hydrogens (primary N) is 1. The molecule has 124 valence electrons. The van der Waals surface area contributed by atoms with E-state index in [-0.39, 0.29) is 23.7 Å². The number of rotatable bonds is 5. The van der Waals surface area contributed by atoms with Crippen LogP contribution in [0, 0.1) is 5.92 Å². The predicted octanol–water partition coefficient (Wildman–Crippen LogP) is 2.95. The second-order valence-corrected chi connectivity index (χ2v) is 6.51. The van der Waals surface area contributed by atoms with Crippen molar-refractivity contribution in [2.75, 3.05) is 13.7 Å². The van der Waals surface area contributed by atoms with Gasteiger partial charge in [0.15, 0.2) is 0 Å². The Bertz CT molecular complexity index is 475. The fourth-order valence-corrected chi connectivity index (χ4v) is 3.48. The summed E-state index contributed by atoms with van der Waals surface area (Å²) in [4.78, 5) is 11.1. The molecular weight excluding hydrogens is 282 g/mol. The van der Waals surface area contributed by atoms with Gasteiger partial charge < -0.3 is 19.9 Å². The maximum atomic E-state index is 11.1. The fourth-order valence-electron chi connectivity index (χ4n) is 3.48. The lowest BCUT2D eigenvalue weighted by Crippen LogP contribution is -2.50. The van der Waals surface area contributed by atoms with Gasteiger partial charge in [0, 0.05) is 13.0 Å². The molecule has 2 N–H and O–H groups in total. The van der Waals surface area contributed by atoms with Gasteiger partial charge in [0.25, 0.3) is 0 Å². The largest absolute Gasteiger partial charge is 0.444 e. The highest BCUT2D eigenvalue weighted by Crippen LogP contribution is 2.50. The van der Waals surface area contributed by atoms with E-state index < -0.39 is 6.09 Å². The summed E-state index contributed by atoms with van der Waals surface area (Å²) in [6.45, 7) is 7.02. The normalized spacial score (nSPS) is 34.4. The van der Waals surface area contributed by atoms with E-state index in [0.29, 0.717) is 0 Å². The molecule has 2 rings (SSSR count). The van der Waals surface area contributed by atoms with Crippen molar-refractivity contribution in [3.05, 3.63) is 23.3 Å². The monoisotopic (exact) mass is 309 g/mol. The molecule has 0 bridgehead atoms. The molecule has 1 aliphatic heterocycles. The van der Waals surface area contributed by atoms with E-state index in [1.54, 1.807) is 7.11 Å². The van der Waals surface area contributed by atoms with Gasteiger partial charge in [-0.25, -0.2) is 4.79 Å². The Morgan fingerprint density at radius 2 is 2.05 bits per heavy atom. The summed E-state index contributed by atoms with van der Waals surface area (Å²) in [5.74, 6) is 0.0983. The molecule has 22 heavy (non-hydrogen) atoms. The zero-order valence-corrected chi connectivity index (χ0v) is 13.9. The number of primary amides is 1. The number of methoxy groups -OCH3 is 1. The molecule has 2 aliphatic rings. The molecule has 1 saturated carbocycles. The van der Waals surface area contributed by atoms with Crippen LogP contribution in [-0.4, -0.2) is 37.6 Å². The molecular formula is C17H27NO4. The molecule has 1 heterocycles. The van der Waals surface area contributed by atoms with Gasteiger partial charge >= 0.3 is 6.09 Å². The van der Waals surface area contributed by atoms with Crippen LogP contribution in [0.1, 0.15) is 40.0 Å². The molecule has 0 aromatic rings. The molecule has 1 spiro atoms. The first-order chi connectivity index (χ1) is 10.4. The van der Waals surface area contributed by atoms with E-state index in [4.69, 9.17) is 19.9 Å². The number of hydrogen-bond donors (Lipinski definition) is 1. The molecule has 2 fully saturated rings. The summed E-state index contributed by atoms with van der Waals surface area (Å²) in [5.41, 5.74) is 7.56. The van der Waals surface area contributed by atoms with E-state index in [9.17, 15) is 4.79 Å². The number of amides is 1. The lowest BCUT2D eigenvalue weighted by Gasteiger charge is -2.40. The minimum Gasteiger partial charge on any atom is -0.444 e. The summed E-state index contributed by atoms with van der Waals surface area (Å²) in [7, 11) is 1.65. The lowest BCUT2D eigenvalue weighted by molar-refractivity contribution is -0.0872. The average Bonchev–Trinajstić information content (AvgIpc) is 3.19. The molecule has 5 nitrogen and oxygen atoms in total. The van der Waals surface area contributed by atoms with Gasteiger partial charge in [0.1, 0.15) is 17.8 Å². The number of epoxide rings is 1. The summed E-state index contributed by atoms with van der Waals surface area (Å²) in [6, 6.07) is 0. The van der Waals surface area contributed by atoms with Crippen molar-refractivity contribution in [2.24, 2.45) is 11.7 Å². The van der Waals surface area contributed by atoms with E-state index in [0.717, 1.165) is 25.9 Å². The van der Waals surface area contributed by atoms with Gasteiger partial charge in [-0.3, -0.25) is 0 Å². The summed E-state index contributed by atoms with van der Waals surface area (Å²) >= 11 is 0. The molecule has 4 atom stereocenters. The Labute approximate surface area is 132 Å². The van der Waals surface area contributed by atoms with Gasteiger partial charge in [0.2, 0.25) is 0 Å². The molecule has 1 aliphatic carbocycles. The summed E-state index contributed by atoms with van der Waals surface area (Å²) in [6.07, 6.45) is 5.60. The number of carbonyl (C=O) groups is 1. The van der Waals surface area contributed by atoms with Crippen LogP contribution in [0.5, 0.6) is 0 Å². The highest BCUT2D eigenvalue weighted by molar-refractivity contribution is 5.64. The van der Waals surface area contributed by atoms with E-state index in [1.165, 1.54) is 11.1 Å². The number of ether oxygens (including phenoxy) is 3. The van der Waals surface area contributed by atoms with E-state index in [2.05, 4.69) is 32.9 Å². The standard InChI is InChI=1S/C17H27NO4/c1-11(2)6-5-7-12(3)14-15(20-4)13(22-16(18)19)8-9-17(14)10-21-17/h6-7,13-15H,5,8-10H2,1-4H3,(H2,18,19)/b12-7+/t13-,14+,15-,17+/m1/s1. The third-order valence-electron chi connectivity index (χ3n) is 4.63. The average molecular weight is 309 g/mol. The Morgan fingerprint density at radius 1 is 1.36 bits per heavy atom. The quantitative estimate of drug-likeness (QED) is 0.626. The first kappa shape index (κ1) is 17.0. The molecule has 0 aromatic heterocycles. The van der Waals surface area contributed by atoms with Gasteiger partial charge in [-0.15, -0.1) is 0 Å². The molecule has 1 saturated heterocycles. The lowest BCUT2D eigenvalue weighted by atomic mass is 9.72. The fraction of sp³-hybridized carbons (Fsp3) is 0.706.